The van der Waals surface area contributed by atoms with E-state index >= 15 is 0 Å². The lowest BCUT2D eigenvalue weighted by Crippen LogP contribution is -2.02. The molecular formula is C7H12O3. The van der Waals surface area contributed by atoms with Crippen LogP contribution in [-0.4, -0.2) is 12.8 Å². The number of allylic oxidation sites excluding steroid dienone is 1. The summed E-state index contributed by atoms with van der Waals surface area (Å²) in [5.74, 6) is 0. The fourth-order valence-corrected chi connectivity index (χ4v) is 0.352. The van der Waals surface area contributed by atoms with Crippen LogP contribution in [0.15, 0.2) is 12.3 Å². The topological polar surface area (TPSA) is 35.5 Å². The number of ether oxygens (including phenoxy) is 2. The Balaban J connectivity index is 3.30. The van der Waals surface area contributed by atoms with E-state index in [-0.39, 0.29) is 0 Å². The van der Waals surface area contributed by atoms with Crippen molar-refractivity contribution in [2.45, 2.75) is 20.3 Å². The maximum atomic E-state index is 10.4. The van der Waals surface area contributed by atoms with Gasteiger partial charge < -0.3 is 9.47 Å². The number of rotatable bonds is 3. The molecule has 0 heterocycles. The first-order valence-corrected chi connectivity index (χ1v) is 3.29. The Bertz CT molecular complexity index is 118. The average molecular weight is 144 g/mol. The van der Waals surface area contributed by atoms with E-state index in [2.05, 4.69) is 9.47 Å². The van der Waals surface area contributed by atoms with Crippen LogP contribution in [0.25, 0.3) is 0 Å². The highest BCUT2D eigenvalue weighted by molar-refractivity contribution is 5.60. The molecule has 10 heavy (non-hydrogen) atoms. The monoisotopic (exact) mass is 144 g/mol. The molecule has 0 bridgehead atoms. The van der Waals surface area contributed by atoms with Crippen molar-refractivity contribution in [3.8, 4) is 0 Å². The largest absolute Gasteiger partial charge is 0.513 e. The zero-order valence-corrected chi connectivity index (χ0v) is 6.29. The molecule has 0 spiro atoms. The molecule has 0 atom stereocenters. The van der Waals surface area contributed by atoms with Gasteiger partial charge in [0.25, 0.3) is 0 Å². The normalized spacial score (nSPS) is 9.80. The van der Waals surface area contributed by atoms with E-state index in [1.807, 2.05) is 6.92 Å². The molecule has 3 nitrogen and oxygen atoms in total. The smallest absolute Gasteiger partial charge is 0.434 e. The predicted molar refractivity (Wildman–Crippen MR) is 37.5 cm³/mol. The highest BCUT2D eigenvalue weighted by atomic mass is 16.7. The van der Waals surface area contributed by atoms with Crippen LogP contribution in [0, 0.1) is 0 Å². The van der Waals surface area contributed by atoms with E-state index in [1.165, 1.54) is 6.26 Å². The first-order chi connectivity index (χ1) is 4.81. The van der Waals surface area contributed by atoms with Crippen molar-refractivity contribution in [3.05, 3.63) is 12.3 Å². The molecule has 0 unspecified atom stereocenters. The van der Waals surface area contributed by atoms with Crippen molar-refractivity contribution in [3.63, 3.8) is 0 Å². The van der Waals surface area contributed by atoms with Gasteiger partial charge in [-0.3, -0.25) is 0 Å². The van der Waals surface area contributed by atoms with Crippen molar-refractivity contribution < 1.29 is 14.3 Å². The predicted octanol–water partition coefficient (Wildman–Crippen LogP) is 2.08. The minimum absolute atomic E-state index is 0.346. The molecule has 0 N–H and O–H groups in total. The number of carbonyl (C=O) groups is 1. The second kappa shape index (κ2) is 6.13. The van der Waals surface area contributed by atoms with Gasteiger partial charge in [0.1, 0.15) is 0 Å². The first kappa shape index (κ1) is 9.01. The summed E-state index contributed by atoms with van der Waals surface area (Å²) < 4.78 is 8.96. The van der Waals surface area contributed by atoms with Crippen LogP contribution in [0.4, 0.5) is 4.79 Å². The van der Waals surface area contributed by atoms with Crippen molar-refractivity contribution >= 4 is 6.16 Å². The molecule has 0 aliphatic carbocycles. The van der Waals surface area contributed by atoms with Gasteiger partial charge in [-0.25, -0.2) is 4.79 Å². The summed E-state index contributed by atoms with van der Waals surface area (Å²) in [6.45, 7) is 4.02. The zero-order valence-electron chi connectivity index (χ0n) is 6.29. The van der Waals surface area contributed by atoms with Gasteiger partial charge >= 0.3 is 6.16 Å². The minimum atomic E-state index is -0.646. The maximum Gasteiger partial charge on any atom is 0.513 e. The summed E-state index contributed by atoms with van der Waals surface area (Å²) in [5, 5.41) is 0. The molecule has 0 aromatic rings. The van der Waals surface area contributed by atoms with Crippen LogP contribution < -0.4 is 0 Å². The summed E-state index contributed by atoms with van der Waals surface area (Å²) in [7, 11) is 0. The molecule has 0 amide bonds. The molecule has 58 valence electrons. The number of hydrogen-bond acceptors (Lipinski definition) is 3. The lowest BCUT2D eigenvalue weighted by atomic mass is 10.5. The minimum Gasteiger partial charge on any atom is -0.434 e. The molecule has 0 saturated heterocycles. The Morgan fingerprint density at radius 2 is 2.20 bits per heavy atom. The van der Waals surface area contributed by atoms with Crippen LogP contribution in [-0.2, 0) is 9.47 Å². The quantitative estimate of drug-likeness (QED) is 0.449. The Morgan fingerprint density at radius 1 is 1.50 bits per heavy atom. The standard InChI is InChI=1S/C7H12O3/c1-3-5-6-10-7(8)9-4-2/h5-6H,3-4H2,1-2H3. The molecule has 0 aliphatic rings. The van der Waals surface area contributed by atoms with E-state index in [4.69, 9.17) is 0 Å². The van der Waals surface area contributed by atoms with E-state index in [0.29, 0.717) is 6.61 Å². The van der Waals surface area contributed by atoms with Crippen LogP contribution >= 0.6 is 0 Å². The molecule has 0 aliphatic heterocycles. The fourth-order valence-electron chi connectivity index (χ4n) is 0.352. The molecule has 3 heteroatoms. The molecule has 0 fully saturated rings. The SMILES string of the molecule is CCC=COC(=O)OCC. The highest BCUT2D eigenvalue weighted by Crippen LogP contribution is 1.87. The molecule has 0 aromatic carbocycles. The molecular weight excluding hydrogens is 132 g/mol. The third-order valence-electron chi connectivity index (χ3n) is 0.758. The zero-order chi connectivity index (χ0) is 7.82. The van der Waals surface area contributed by atoms with Crippen molar-refractivity contribution in [1.29, 1.82) is 0 Å². The Hall–Kier alpha value is -0.990. The highest BCUT2D eigenvalue weighted by Gasteiger charge is 1.95. The average Bonchev–Trinajstić information content (AvgIpc) is 1.89. The van der Waals surface area contributed by atoms with Crippen LogP contribution in [0.1, 0.15) is 20.3 Å². The fraction of sp³-hybridized carbons (Fsp3) is 0.571. The third-order valence-corrected chi connectivity index (χ3v) is 0.758. The summed E-state index contributed by atoms with van der Waals surface area (Å²) in [6.07, 6.45) is 3.26. The van der Waals surface area contributed by atoms with Crippen molar-refractivity contribution in [2.75, 3.05) is 6.61 Å². The van der Waals surface area contributed by atoms with E-state index in [9.17, 15) is 4.79 Å². The van der Waals surface area contributed by atoms with Crippen LogP contribution in [0.2, 0.25) is 0 Å². The van der Waals surface area contributed by atoms with Gasteiger partial charge in [-0.1, -0.05) is 6.92 Å². The van der Waals surface area contributed by atoms with Gasteiger partial charge in [0.15, 0.2) is 0 Å². The van der Waals surface area contributed by atoms with Crippen molar-refractivity contribution in [2.24, 2.45) is 0 Å². The van der Waals surface area contributed by atoms with Gasteiger partial charge in [0, 0.05) is 0 Å². The van der Waals surface area contributed by atoms with E-state index < -0.39 is 6.16 Å². The summed E-state index contributed by atoms with van der Waals surface area (Å²) in [6, 6.07) is 0. The van der Waals surface area contributed by atoms with Crippen LogP contribution in [0.5, 0.6) is 0 Å². The van der Waals surface area contributed by atoms with Gasteiger partial charge in [0.2, 0.25) is 0 Å². The van der Waals surface area contributed by atoms with Gasteiger partial charge in [-0.2, -0.15) is 0 Å². The summed E-state index contributed by atoms with van der Waals surface area (Å²) in [5.41, 5.74) is 0. The van der Waals surface area contributed by atoms with Crippen LogP contribution in [0.3, 0.4) is 0 Å². The van der Waals surface area contributed by atoms with Gasteiger partial charge in [-0.15, -0.1) is 0 Å². The summed E-state index contributed by atoms with van der Waals surface area (Å²) in [4.78, 5) is 10.4. The van der Waals surface area contributed by atoms with Crippen molar-refractivity contribution in [1.82, 2.24) is 0 Å². The Kier molecular flexibility index (Phi) is 5.53. The molecule has 0 rings (SSSR count). The molecule has 0 aromatic heterocycles. The first-order valence-electron chi connectivity index (χ1n) is 3.29. The lowest BCUT2D eigenvalue weighted by Gasteiger charge is -1.96. The van der Waals surface area contributed by atoms with E-state index in [1.54, 1.807) is 13.0 Å². The Morgan fingerprint density at radius 3 is 2.70 bits per heavy atom. The second-order valence-corrected chi connectivity index (χ2v) is 1.58. The molecule has 0 radical (unpaired) electrons. The van der Waals surface area contributed by atoms with Gasteiger partial charge in [-0.05, 0) is 19.4 Å². The lowest BCUT2D eigenvalue weighted by molar-refractivity contribution is 0.0893. The third kappa shape index (κ3) is 5.15. The summed E-state index contributed by atoms with van der Waals surface area (Å²) >= 11 is 0. The number of hydrogen-bond donors (Lipinski definition) is 0. The second-order valence-electron chi connectivity index (χ2n) is 1.58. The maximum absolute atomic E-state index is 10.4. The Labute approximate surface area is 60.6 Å². The van der Waals surface area contributed by atoms with Gasteiger partial charge in [0.05, 0.1) is 12.9 Å². The van der Waals surface area contributed by atoms with E-state index in [0.717, 1.165) is 6.42 Å². The number of carbonyl (C=O) groups excluding carboxylic acids is 1. The molecule has 0 saturated carbocycles.